The highest BCUT2D eigenvalue weighted by Gasteiger charge is 2.27. The molecule has 4 heteroatoms. The lowest BCUT2D eigenvalue weighted by Crippen LogP contribution is -2.12. The van der Waals surface area contributed by atoms with Gasteiger partial charge in [-0.2, -0.15) is 0 Å². The summed E-state index contributed by atoms with van der Waals surface area (Å²) in [6, 6.07) is 14.7. The maximum absolute atomic E-state index is 6.83. The molecule has 0 aromatic heterocycles. The Morgan fingerprint density at radius 3 is 1.50 bits per heavy atom. The number of rotatable bonds is 7. The van der Waals surface area contributed by atoms with Crippen molar-refractivity contribution in [1.82, 2.24) is 0 Å². The monoisotopic (exact) mass is 496 g/mol. The van der Waals surface area contributed by atoms with E-state index in [9.17, 15) is 0 Å². The first-order chi connectivity index (χ1) is 16.0. The molecule has 0 aliphatic rings. The van der Waals surface area contributed by atoms with E-state index in [-0.39, 0.29) is 5.92 Å². The molecule has 3 aromatic rings. The van der Waals surface area contributed by atoms with Gasteiger partial charge in [-0.3, -0.25) is 0 Å². The number of hydrogen-bond donors (Lipinski definition) is 2. The van der Waals surface area contributed by atoms with Gasteiger partial charge >= 0.3 is 0 Å². The largest absolute Gasteiger partial charge is 0.398 e. The summed E-state index contributed by atoms with van der Waals surface area (Å²) in [7, 11) is 0. The van der Waals surface area contributed by atoms with E-state index in [1.165, 1.54) is 0 Å². The van der Waals surface area contributed by atoms with Gasteiger partial charge in [0, 0.05) is 32.9 Å². The predicted molar refractivity (Wildman–Crippen MR) is 151 cm³/mol. The second-order valence-electron chi connectivity index (χ2n) is 10.2. The summed E-state index contributed by atoms with van der Waals surface area (Å²) in [5, 5.41) is 1.32. The lowest BCUT2D eigenvalue weighted by molar-refractivity contribution is 0.825. The summed E-state index contributed by atoms with van der Waals surface area (Å²) in [5.74, 6) is 0.754. The zero-order chi connectivity index (χ0) is 25.3. The molecule has 0 radical (unpaired) electrons. The van der Waals surface area contributed by atoms with Gasteiger partial charge in [0.15, 0.2) is 0 Å². The smallest absolute Gasteiger partial charge is 0.0462 e. The third kappa shape index (κ3) is 5.09. The molecular formula is C30H38Cl2N2. The Morgan fingerprint density at radius 2 is 1.09 bits per heavy atom. The zero-order valence-electron chi connectivity index (χ0n) is 21.5. The van der Waals surface area contributed by atoms with Crippen molar-refractivity contribution in [1.29, 1.82) is 0 Å². The van der Waals surface area contributed by atoms with Crippen LogP contribution in [-0.4, -0.2) is 0 Å². The van der Waals surface area contributed by atoms with Gasteiger partial charge in [0.1, 0.15) is 0 Å². The van der Waals surface area contributed by atoms with E-state index < -0.39 is 0 Å². The van der Waals surface area contributed by atoms with E-state index in [0.29, 0.717) is 27.8 Å². The molecule has 0 saturated carbocycles. The first kappa shape index (κ1) is 26.4. The summed E-state index contributed by atoms with van der Waals surface area (Å²) in [5.41, 5.74) is 22.8. The third-order valence-electron chi connectivity index (χ3n) is 6.79. The third-order valence-corrected chi connectivity index (χ3v) is 7.45. The highest BCUT2D eigenvalue weighted by molar-refractivity contribution is 6.36. The molecule has 0 bridgehead atoms. The van der Waals surface area contributed by atoms with Crippen LogP contribution in [0.15, 0.2) is 42.5 Å². The minimum absolute atomic E-state index is 0.139. The molecule has 0 heterocycles. The second kappa shape index (κ2) is 10.6. The van der Waals surface area contributed by atoms with Crippen molar-refractivity contribution in [2.75, 3.05) is 11.5 Å². The first-order valence-electron chi connectivity index (χ1n) is 12.3. The van der Waals surface area contributed by atoms with Crippen molar-refractivity contribution in [3.63, 3.8) is 0 Å². The summed E-state index contributed by atoms with van der Waals surface area (Å²) in [4.78, 5) is 0. The molecule has 3 rings (SSSR count). The summed E-state index contributed by atoms with van der Waals surface area (Å²) in [6.45, 7) is 15.3. The zero-order valence-corrected chi connectivity index (χ0v) is 23.0. The van der Waals surface area contributed by atoms with Gasteiger partial charge < -0.3 is 11.5 Å². The molecule has 0 aliphatic heterocycles. The number of benzene rings is 3. The van der Waals surface area contributed by atoms with Crippen LogP contribution in [0, 0.1) is 0 Å². The summed E-state index contributed by atoms with van der Waals surface area (Å²) >= 11 is 13.7. The SMILES string of the molecule is CCc1cc(C(c2cc(C(C)C)c(N)c(C(C)C)c2)c2c(Cl)cccc2Cl)cc(C(C)C)c1N. The molecule has 0 aliphatic carbocycles. The highest BCUT2D eigenvalue weighted by Crippen LogP contribution is 2.44. The average molecular weight is 498 g/mol. The van der Waals surface area contributed by atoms with Crippen molar-refractivity contribution in [3.05, 3.63) is 91.5 Å². The Kier molecular flexibility index (Phi) is 8.26. The fourth-order valence-corrected chi connectivity index (χ4v) is 5.47. The molecule has 3 aromatic carbocycles. The summed E-state index contributed by atoms with van der Waals surface area (Å²) in [6.07, 6.45) is 0.860. The summed E-state index contributed by atoms with van der Waals surface area (Å²) < 4.78 is 0. The van der Waals surface area contributed by atoms with Gasteiger partial charge in [-0.05, 0) is 69.7 Å². The van der Waals surface area contributed by atoms with Gasteiger partial charge in [-0.25, -0.2) is 0 Å². The maximum atomic E-state index is 6.83. The van der Waals surface area contributed by atoms with Crippen LogP contribution in [0.4, 0.5) is 11.4 Å². The van der Waals surface area contributed by atoms with Crippen LogP contribution in [0.3, 0.4) is 0 Å². The molecule has 2 nitrogen and oxygen atoms in total. The van der Waals surface area contributed by atoms with Gasteiger partial charge in [0.05, 0.1) is 0 Å². The Morgan fingerprint density at radius 1 is 0.676 bits per heavy atom. The predicted octanol–water partition coefficient (Wildman–Crippen LogP) is 9.27. The quantitative estimate of drug-likeness (QED) is 0.252. The van der Waals surface area contributed by atoms with E-state index in [1.807, 2.05) is 18.2 Å². The molecule has 182 valence electrons. The Labute approximate surface area is 215 Å². The lowest BCUT2D eigenvalue weighted by Gasteiger charge is -2.27. The van der Waals surface area contributed by atoms with Gasteiger partial charge in [0.2, 0.25) is 0 Å². The number of halogens is 2. The molecule has 0 amide bonds. The van der Waals surface area contributed by atoms with Crippen LogP contribution in [0.2, 0.25) is 10.0 Å². The molecule has 4 N–H and O–H groups in total. The average Bonchev–Trinajstić information content (AvgIpc) is 2.76. The molecule has 1 unspecified atom stereocenters. The van der Waals surface area contributed by atoms with E-state index in [0.717, 1.165) is 56.7 Å². The molecule has 0 spiro atoms. The minimum atomic E-state index is -0.139. The molecule has 34 heavy (non-hydrogen) atoms. The Bertz CT molecular complexity index is 1130. The van der Waals surface area contributed by atoms with Crippen LogP contribution >= 0.6 is 23.2 Å². The second-order valence-corrected chi connectivity index (χ2v) is 11.0. The minimum Gasteiger partial charge on any atom is -0.398 e. The fourth-order valence-electron chi connectivity index (χ4n) is 4.86. The lowest BCUT2D eigenvalue weighted by atomic mass is 9.79. The van der Waals surface area contributed by atoms with Gasteiger partial charge in [-0.15, -0.1) is 0 Å². The number of nitrogens with two attached hydrogens (primary N) is 2. The van der Waals surface area contributed by atoms with E-state index >= 15 is 0 Å². The normalized spacial score (nSPS) is 12.7. The van der Waals surface area contributed by atoms with E-state index in [1.54, 1.807) is 0 Å². The molecule has 1 atom stereocenters. The van der Waals surface area contributed by atoms with Crippen molar-refractivity contribution >= 4 is 34.6 Å². The standard InChI is InChI=1S/C30H38Cl2N2/c1-8-19-12-20(13-22(16(2)3)29(19)33)27(28-25(31)10-9-11-26(28)32)21-14-23(17(4)5)30(34)24(15-21)18(6)7/h9-18,27H,8,33-34H2,1-7H3. The van der Waals surface area contributed by atoms with Crippen LogP contribution in [0.1, 0.15) is 111 Å². The van der Waals surface area contributed by atoms with Crippen molar-refractivity contribution in [3.8, 4) is 0 Å². The van der Waals surface area contributed by atoms with Crippen LogP contribution in [-0.2, 0) is 6.42 Å². The van der Waals surface area contributed by atoms with Crippen LogP contribution in [0.25, 0.3) is 0 Å². The van der Waals surface area contributed by atoms with Crippen molar-refractivity contribution in [2.45, 2.75) is 78.6 Å². The van der Waals surface area contributed by atoms with E-state index in [2.05, 4.69) is 72.7 Å². The number of aryl methyl sites for hydroxylation is 1. The fraction of sp³-hybridized carbons (Fsp3) is 0.400. The van der Waals surface area contributed by atoms with Crippen molar-refractivity contribution in [2.24, 2.45) is 0 Å². The maximum Gasteiger partial charge on any atom is 0.0462 e. The van der Waals surface area contributed by atoms with Gasteiger partial charge in [0.25, 0.3) is 0 Å². The molecular weight excluding hydrogens is 459 g/mol. The first-order valence-corrected chi connectivity index (χ1v) is 13.0. The van der Waals surface area contributed by atoms with Crippen LogP contribution in [0.5, 0.6) is 0 Å². The number of nitrogen functional groups attached to an aromatic ring is 2. The topological polar surface area (TPSA) is 52.0 Å². The highest BCUT2D eigenvalue weighted by atomic mass is 35.5. The Hall–Kier alpha value is -2.16. The molecule has 0 fully saturated rings. The number of anilines is 2. The van der Waals surface area contributed by atoms with Gasteiger partial charge in [-0.1, -0.05) is 102 Å². The Balaban J connectivity index is 2.45. The van der Waals surface area contributed by atoms with Crippen LogP contribution < -0.4 is 11.5 Å². The molecule has 0 saturated heterocycles. The van der Waals surface area contributed by atoms with E-state index in [4.69, 9.17) is 34.7 Å². The van der Waals surface area contributed by atoms with Crippen molar-refractivity contribution < 1.29 is 0 Å². The number of hydrogen-bond acceptors (Lipinski definition) is 2.